The van der Waals surface area contributed by atoms with E-state index in [9.17, 15) is 4.79 Å². The molecule has 1 aliphatic rings. The van der Waals surface area contributed by atoms with Crippen LogP contribution in [-0.2, 0) is 0 Å². The largest absolute Gasteiger partial charge is 0.335 e. The molecular formula is C13H19ClN2OS. The average molecular weight is 287 g/mol. The molecular weight excluding hydrogens is 268 g/mol. The molecule has 1 fully saturated rings. The van der Waals surface area contributed by atoms with Gasteiger partial charge in [0.05, 0.1) is 10.4 Å². The number of carbonyl (C=O) groups excluding carboxylic acids is 1. The summed E-state index contributed by atoms with van der Waals surface area (Å²) in [6, 6.07) is 4.10. The molecule has 1 unspecified atom stereocenters. The summed E-state index contributed by atoms with van der Waals surface area (Å²) < 4.78 is 0.756. The van der Waals surface area contributed by atoms with Gasteiger partial charge in [0, 0.05) is 10.9 Å². The van der Waals surface area contributed by atoms with Crippen LogP contribution in [0.15, 0.2) is 12.1 Å². The van der Waals surface area contributed by atoms with Crippen molar-refractivity contribution in [1.29, 1.82) is 0 Å². The van der Waals surface area contributed by atoms with E-state index >= 15 is 0 Å². The van der Waals surface area contributed by atoms with Crippen LogP contribution in [0.25, 0.3) is 0 Å². The lowest BCUT2D eigenvalue weighted by Crippen LogP contribution is -2.43. The number of thiophene rings is 1. The molecule has 1 aliphatic carbocycles. The minimum Gasteiger partial charge on any atom is -0.335 e. The van der Waals surface area contributed by atoms with Gasteiger partial charge in [-0.15, -0.1) is 11.3 Å². The van der Waals surface area contributed by atoms with E-state index in [-0.39, 0.29) is 12.1 Å². The third-order valence-electron chi connectivity index (χ3n) is 3.31. The molecule has 1 aromatic heterocycles. The van der Waals surface area contributed by atoms with Gasteiger partial charge in [0.15, 0.2) is 0 Å². The standard InChI is InChI=1S/C13H19ClN2OS/c1-9(11-7-8-12(14)18-11)15-13(17)16-10-5-3-2-4-6-10/h7-10H,2-6H2,1H3,(H2,15,16,17). The summed E-state index contributed by atoms with van der Waals surface area (Å²) >= 11 is 7.39. The Balaban J connectivity index is 1.79. The Bertz CT molecular complexity index is 401. The van der Waals surface area contributed by atoms with Gasteiger partial charge in [-0.3, -0.25) is 0 Å². The molecule has 0 spiro atoms. The first-order valence-electron chi connectivity index (χ1n) is 6.47. The summed E-state index contributed by atoms with van der Waals surface area (Å²) in [7, 11) is 0. The summed E-state index contributed by atoms with van der Waals surface area (Å²) in [5.41, 5.74) is 0. The maximum absolute atomic E-state index is 11.9. The number of hydrogen-bond donors (Lipinski definition) is 2. The van der Waals surface area contributed by atoms with Crippen LogP contribution in [0.4, 0.5) is 4.79 Å². The molecule has 3 nitrogen and oxygen atoms in total. The fraction of sp³-hybridized carbons (Fsp3) is 0.615. The zero-order chi connectivity index (χ0) is 13.0. The van der Waals surface area contributed by atoms with Gasteiger partial charge in [-0.1, -0.05) is 30.9 Å². The molecule has 100 valence electrons. The summed E-state index contributed by atoms with van der Waals surface area (Å²) in [5.74, 6) is 0. The zero-order valence-corrected chi connectivity index (χ0v) is 12.1. The maximum atomic E-state index is 11.9. The van der Waals surface area contributed by atoms with Crippen molar-refractivity contribution in [3.05, 3.63) is 21.3 Å². The summed E-state index contributed by atoms with van der Waals surface area (Å²) in [6.45, 7) is 1.97. The van der Waals surface area contributed by atoms with Crippen LogP contribution in [0.5, 0.6) is 0 Å². The molecule has 5 heteroatoms. The van der Waals surface area contributed by atoms with Crippen molar-refractivity contribution in [3.63, 3.8) is 0 Å². The van der Waals surface area contributed by atoms with Crippen LogP contribution in [0.2, 0.25) is 4.34 Å². The molecule has 18 heavy (non-hydrogen) atoms. The Hall–Kier alpha value is -0.740. The lowest BCUT2D eigenvalue weighted by molar-refractivity contribution is 0.230. The van der Waals surface area contributed by atoms with Crippen LogP contribution in [0, 0.1) is 0 Å². The highest BCUT2D eigenvalue weighted by atomic mass is 35.5. The normalized spacial score (nSPS) is 18.3. The molecule has 1 heterocycles. The summed E-state index contributed by atoms with van der Waals surface area (Å²) in [6.07, 6.45) is 5.95. The first kappa shape index (κ1) is 13.7. The van der Waals surface area contributed by atoms with Crippen LogP contribution in [0.3, 0.4) is 0 Å². The van der Waals surface area contributed by atoms with Gasteiger partial charge in [0.25, 0.3) is 0 Å². The molecule has 0 aromatic carbocycles. The minimum absolute atomic E-state index is 0.00564. The Morgan fingerprint density at radius 2 is 2.11 bits per heavy atom. The van der Waals surface area contributed by atoms with Gasteiger partial charge < -0.3 is 10.6 Å². The summed E-state index contributed by atoms with van der Waals surface area (Å²) in [4.78, 5) is 12.9. The number of hydrogen-bond acceptors (Lipinski definition) is 2. The number of halogens is 1. The molecule has 0 radical (unpaired) electrons. The average Bonchev–Trinajstić information content (AvgIpc) is 2.77. The molecule has 2 N–H and O–H groups in total. The van der Waals surface area contributed by atoms with Gasteiger partial charge in [-0.2, -0.15) is 0 Å². The van der Waals surface area contributed by atoms with Crippen LogP contribution < -0.4 is 10.6 Å². The smallest absolute Gasteiger partial charge is 0.315 e. The van der Waals surface area contributed by atoms with E-state index in [0.717, 1.165) is 22.1 Å². The second kappa shape index (κ2) is 6.43. The van der Waals surface area contributed by atoms with Crippen molar-refractivity contribution >= 4 is 29.0 Å². The molecule has 2 rings (SSSR count). The molecule has 0 bridgehead atoms. The van der Waals surface area contributed by atoms with Crippen molar-refractivity contribution in [3.8, 4) is 0 Å². The van der Waals surface area contributed by atoms with Gasteiger partial charge in [-0.05, 0) is 31.9 Å². The number of amides is 2. The lowest BCUT2D eigenvalue weighted by Gasteiger charge is -2.24. The first-order valence-corrected chi connectivity index (χ1v) is 7.67. The summed E-state index contributed by atoms with van der Waals surface area (Å²) in [5, 5.41) is 6.01. The third-order valence-corrected chi connectivity index (χ3v) is 4.72. The number of urea groups is 1. The molecule has 0 aliphatic heterocycles. The minimum atomic E-state index is -0.0704. The highest BCUT2D eigenvalue weighted by molar-refractivity contribution is 7.16. The zero-order valence-electron chi connectivity index (χ0n) is 10.5. The quantitative estimate of drug-likeness (QED) is 0.863. The van der Waals surface area contributed by atoms with E-state index in [1.54, 1.807) is 0 Å². The van der Waals surface area contributed by atoms with E-state index in [2.05, 4.69) is 10.6 Å². The van der Waals surface area contributed by atoms with E-state index in [4.69, 9.17) is 11.6 Å². The highest BCUT2D eigenvalue weighted by Gasteiger charge is 2.17. The molecule has 2 amide bonds. The van der Waals surface area contributed by atoms with E-state index in [0.29, 0.717) is 6.04 Å². The van der Waals surface area contributed by atoms with Gasteiger partial charge in [-0.25, -0.2) is 4.79 Å². The maximum Gasteiger partial charge on any atom is 0.315 e. The van der Waals surface area contributed by atoms with Gasteiger partial charge in [0.2, 0.25) is 0 Å². The van der Waals surface area contributed by atoms with Crippen LogP contribution in [-0.4, -0.2) is 12.1 Å². The number of carbonyl (C=O) groups is 1. The van der Waals surface area contributed by atoms with Crippen LogP contribution >= 0.6 is 22.9 Å². The monoisotopic (exact) mass is 286 g/mol. The highest BCUT2D eigenvalue weighted by Crippen LogP contribution is 2.26. The fourth-order valence-corrected chi connectivity index (χ4v) is 3.37. The van der Waals surface area contributed by atoms with E-state index in [1.807, 2.05) is 19.1 Å². The van der Waals surface area contributed by atoms with Crippen LogP contribution in [0.1, 0.15) is 49.9 Å². The topological polar surface area (TPSA) is 41.1 Å². The Kier molecular flexibility index (Phi) is 4.89. The third kappa shape index (κ3) is 3.89. The molecule has 1 atom stereocenters. The second-order valence-corrected chi connectivity index (χ2v) is 6.56. The molecule has 1 saturated carbocycles. The number of nitrogens with one attached hydrogen (secondary N) is 2. The van der Waals surface area contributed by atoms with Crippen molar-refractivity contribution in [2.45, 2.75) is 51.1 Å². The first-order chi connectivity index (χ1) is 8.65. The van der Waals surface area contributed by atoms with Crippen molar-refractivity contribution in [1.82, 2.24) is 10.6 Å². The Morgan fingerprint density at radius 3 is 2.72 bits per heavy atom. The lowest BCUT2D eigenvalue weighted by atomic mass is 9.96. The van der Waals surface area contributed by atoms with Gasteiger partial charge in [0.1, 0.15) is 0 Å². The molecule has 1 aromatic rings. The number of rotatable bonds is 3. The van der Waals surface area contributed by atoms with E-state index in [1.165, 1.54) is 30.6 Å². The van der Waals surface area contributed by atoms with Crippen molar-refractivity contribution < 1.29 is 4.79 Å². The van der Waals surface area contributed by atoms with E-state index < -0.39 is 0 Å². The SMILES string of the molecule is CC(NC(=O)NC1CCCCC1)c1ccc(Cl)s1. The Morgan fingerprint density at radius 1 is 1.39 bits per heavy atom. The molecule has 0 saturated heterocycles. The predicted octanol–water partition coefficient (Wildman–Crippen LogP) is 4.09. The second-order valence-electron chi connectivity index (χ2n) is 4.82. The van der Waals surface area contributed by atoms with Gasteiger partial charge >= 0.3 is 6.03 Å². The van der Waals surface area contributed by atoms with Crippen molar-refractivity contribution in [2.24, 2.45) is 0 Å². The van der Waals surface area contributed by atoms with Crippen molar-refractivity contribution in [2.75, 3.05) is 0 Å². The fourth-order valence-electron chi connectivity index (χ4n) is 2.30. The predicted molar refractivity (Wildman–Crippen MR) is 76.3 cm³/mol. The Labute approximate surface area is 117 Å².